The number of anilines is 1. The molecule has 1 aliphatic heterocycles. The number of sulfonamides is 1. The zero-order valence-corrected chi connectivity index (χ0v) is 25.1. The van der Waals surface area contributed by atoms with Gasteiger partial charge in [0.1, 0.15) is 0 Å². The van der Waals surface area contributed by atoms with E-state index in [-0.39, 0.29) is 11.8 Å². The molecule has 0 saturated carbocycles. The van der Waals surface area contributed by atoms with E-state index in [9.17, 15) is 8.42 Å². The average Bonchev–Trinajstić information content (AvgIpc) is 3.35. The van der Waals surface area contributed by atoms with E-state index in [1.54, 1.807) is 15.6 Å². The fraction of sp³-hybridized carbons (Fsp3) is 0.500. The Labute approximate surface area is 227 Å². The van der Waals surface area contributed by atoms with Crippen LogP contribution in [-0.2, 0) is 10.0 Å². The second kappa shape index (κ2) is 10.9. The van der Waals surface area contributed by atoms with Gasteiger partial charge in [0, 0.05) is 37.1 Å². The van der Waals surface area contributed by atoms with Gasteiger partial charge in [-0.2, -0.15) is 4.31 Å². The predicted octanol–water partition coefficient (Wildman–Crippen LogP) is 7.31. The van der Waals surface area contributed by atoms with Crippen molar-refractivity contribution in [3.8, 4) is 11.3 Å². The van der Waals surface area contributed by atoms with Crippen LogP contribution in [0.2, 0.25) is 0 Å². The molecule has 1 aromatic heterocycles. The summed E-state index contributed by atoms with van der Waals surface area (Å²) in [4.78, 5) is 7.68. The number of thiazole rings is 1. The smallest absolute Gasteiger partial charge is 0.243 e. The summed E-state index contributed by atoms with van der Waals surface area (Å²) in [6.45, 7) is 19.2. The van der Waals surface area contributed by atoms with Gasteiger partial charge in [-0.25, -0.2) is 13.4 Å². The SMILES string of the molecule is Cc1cccc(-c2csc(N3CCN(S(=O)(=O)c4c(C(C)C)cc(C(C)C)cc4C(C)C)CC3)n2)c1C. The molecule has 0 spiro atoms. The van der Waals surface area contributed by atoms with E-state index >= 15 is 0 Å². The number of nitrogens with zero attached hydrogens (tertiary/aromatic N) is 3. The van der Waals surface area contributed by atoms with Gasteiger partial charge in [-0.05, 0) is 59.4 Å². The molecular formula is C30H41N3O2S2. The maximum absolute atomic E-state index is 14.1. The molecule has 0 amide bonds. The first-order chi connectivity index (χ1) is 17.4. The minimum Gasteiger partial charge on any atom is -0.345 e. The third-order valence-corrected chi connectivity index (χ3v) is 10.5. The second-order valence-corrected chi connectivity index (χ2v) is 13.9. The number of aromatic nitrogens is 1. The molecule has 1 aliphatic rings. The number of rotatable bonds is 7. The average molecular weight is 540 g/mol. The molecule has 200 valence electrons. The van der Waals surface area contributed by atoms with E-state index < -0.39 is 10.0 Å². The standard InChI is InChI=1S/C30H41N3O2S2/c1-19(2)24-16-26(20(3)4)29(27(17-24)21(5)6)37(34,35)33-14-12-32(13-15-33)30-31-28(18-36-30)25-11-9-10-22(7)23(25)8/h9-11,16-21H,12-15H2,1-8H3. The van der Waals surface area contributed by atoms with Gasteiger partial charge in [-0.3, -0.25) is 0 Å². The van der Waals surface area contributed by atoms with Crippen molar-refractivity contribution in [1.29, 1.82) is 0 Å². The highest BCUT2D eigenvalue weighted by Crippen LogP contribution is 2.37. The predicted molar refractivity (Wildman–Crippen MR) is 157 cm³/mol. The fourth-order valence-corrected chi connectivity index (χ4v) is 7.96. The Hall–Kier alpha value is -2.22. The first-order valence-corrected chi connectivity index (χ1v) is 15.7. The van der Waals surface area contributed by atoms with Gasteiger partial charge >= 0.3 is 0 Å². The maximum Gasteiger partial charge on any atom is 0.243 e. The zero-order chi connectivity index (χ0) is 27.1. The normalized spacial score (nSPS) is 15.4. The molecular weight excluding hydrogens is 498 g/mol. The lowest BCUT2D eigenvalue weighted by atomic mass is 9.89. The van der Waals surface area contributed by atoms with Crippen LogP contribution in [0.4, 0.5) is 5.13 Å². The Kier molecular flexibility index (Phi) is 8.17. The van der Waals surface area contributed by atoms with Crippen molar-refractivity contribution in [3.05, 3.63) is 63.5 Å². The summed E-state index contributed by atoms with van der Waals surface area (Å²) in [6.07, 6.45) is 0. The van der Waals surface area contributed by atoms with E-state index in [4.69, 9.17) is 4.98 Å². The van der Waals surface area contributed by atoms with Crippen molar-refractivity contribution in [3.63, 3.8) is 0 Å². The summed E-state index contributed by atoms with van der Waals surface area (Å²) in [5.74, 6) is 0.601. The number of aryl methyl sites for hydroxylation is 1. The number of benzene rings is 2. The van der Waals surface area contributed by atoms with Gasteiger partial charge < -0.3 is 4.90 Å². The van der Waals surface area contributed by atoms with Crippen LogP contribution in [-0.4, -0.2) is 43.9 Å². The van der Waals surface area contributed by atoms with Crippen molar-refractivity contribution in [2.45, 2.75) is 78.0 Å². The van der Waals surface area contributed by atoms with E-state index in [2.05, 4.69) is 96.0 Å². The Bertz CT molecular complexity index is 1340. The first-order valence-electron chi connectivity index (χ1n) is 13.4. The first kappa shape index (κ1) is 27.8. The summed E-state index contributed by atoms with van der Waals surface area (Å²) < 4.78 is 29.9. The number of piperazine rings is 1. The van der Waals surface area contributed by atoms with Crippen molar-refractivity contribution in [1.82, 2.24) is 9.29 Å². The van der Waals surface area contributed by atoms with Crippen LogP contribution >= 0.6 is 11.3 Å². The topological polar surface area (TPSA) is 53.5 Å². The molecule has 37 heavy (non-hydrogen) atoms. The molecule has 4 rings (SSSR count). The summed E-state index contributed by atoms with van der Waals surface area (Å²) in [5, 5.41) is 3.07. The molecule has 2 aromatic carbocycles. The van der Waals surface area contributed by atoms with Gasteiger partial charge in [-0.1, -0.05) is 71.9 Å². The lowest BCUT2D eigenvalue weighted by molar-refractivity contribution is 0.383. The monoisotopic (exact) mass is 539 g/mol. The molecule has 0 radical (unpaired) electrons. The molecule has 7 heteroatoms. The van der Waals surface area contributed by atoms with Gasteiger partial charge in [-0.15, -0.1) is 11.3 Å². The third kappa shape index (κ3) is 5.50. The van der Waals surface area contributed by atoms with Crippen molar-refractivity contribution >= 4 is 26.5 Å². The second-order valence-electron chi connectivity index (χ2n) is 11.1. The molecule has 1 saturated heterocycles. The highest BCUT2D eigenvalue weighted by molar-refractivity contribution is 7.89. The largest absolute Gasteiger partial charge is 0.345 e. The minimum absolute atomic E-state index is 0.126. The lowest BCUT2D eigenvalue weighted by Crippen LogP contribution is -2.49. The van der Waals surface area contributed by atoms with E-state index in [0.29, 0.717) is 37.0 Å². The van der Waals surface area contributed by atoms with Crippen LogP contribution in [0.15, 0.2) is 40.6 Å². The molecule has 0 N–H and O–H groups in total. The Morgan fingerprint density at radius 3 is 2.00 bits per heavy atom. The van der Waals surface area contributed by atoms with Gasteiger partial charge in [0.2, 0.25) is 10.0 Å². The van der Waals surface area contributed by atoms with E-state index in [1.807, 2.05) is 0 Å². The molecule has 3 aromatic rings. The van der Waals surface area contributed by atoms with Gasteiger partial charge in [0.25, 0.3) is 0 Å². The van der Waals surface area contributed by atoms with Crippen LogP contribution in [0.5, 0.6) is 0 Å². The number of hydrogen-bond acceptors (Lipinski definition) is 5. The summed E-state index contributed by atoms with van der Waals surface area (Å²) in [6, 6.07) is 10.6. The van der Waals surface area contributed by atoms with Crippen LogP contribution in [0.25, 0.3) is 11.3 Å². The van der Waals surface area contributed by atoms with Crippen LogP contribution in [0.3, 0.4) is 0 Å². The quantitative estimate of drug-likeness (QED) is 0.316. The van der Waals surface area contributed by atoms with Gasteiger partial charge in [0.05, 0.1) is 10.6 Å². The molecule has 1 fully saturated rings. The van der Waals surface area contributed by atoms with Crippen molar-refractivity contribution in [2.75, 3.05) is 31.1 Å². The minimum atomic E-state index is -3.62. The Balaban J connectivity index is 1.59. The molecule has 0 aliphatic carbocycles. The highest BCUT2D eigenvalue weighted by atomic mass is 32.2. The molecule has 0 atom stereocenters. The van der Waals surface area contributed by atoms with E-state index in [0.717, 1.165) is 27.5 Å². The van der Waals surface area contributed by atoms with Crippen molar-refractivity contribution < 1.29 is 8.42 Å². The molecule has 0 unspecified atom stereocenters. The molecule has 0 bridgehead atoms. The van der Waals surface area contributed by atoms with Crippen LogP contribution in [0, 0.1) is 13.8 Å². The highest BCUT2D eigenvalue weighted by Gasteiger charge is 2.34. The van der Waals surface area contributed by atoms with E-state index in [1.165, 1.54) is 16.7 Å². The van der Waals surface area contributed by atoms with Crippen LogP contribution < -0.4 is 4.90 Å². The third-order valence-electron chi connectivity index (χ3n) is 7.56. The maximum atomic E-state index is 14.1. The summed E-state index contributed by atoms with van der Waals surface area (Å²) in [7, 11) is -3.62. The molecule has 5 nitrogen and oxygen atoms in total. The lowest BCUT2D eigenvalue weighted by Gasteiger charge is -2.35. The summed E-state index contributed by atoms with van der Waals surface area (Å²) >= 11 is 1.63. The van der Waals surface area contributed by atoms with Crippen LogP contribution in [0.1, 0.15) is 87.1 Å². The van der Waals surface area contributed by atoms with Crippen molar-refractivity contribution in [2.24, 2.45) is 0 Å². The number of hydrogen-bond donors (Lipinski definition) is 0. The Morgan fingerprint density at radius 2 is 1.46 bits per heavy atom. The zero-order valence-electron chi connectivity index (χ0n) is 23.5. The fourth-order valence-electron chi connectivity index (χ4n) is 5.00. The summed E-state index contributed by atoms with van der Waals surface area (Å²) in [5.41, 5.74) is 7.75. The molecule has 2 heterocycles. The Morgan fingerprint density at radius 1 is 0.865 bits per heavy atom. The van der Waals surface area contributed by atoms with Gasteiger partial charge in [0.15, 0.2) is 5.13 Å².